The lowest BCUT2D eigenvalue weighted by Gasteiger charge is -2.31. The molecule has 0 amide bonds. The molecule has 1 heteroatoms. The first-order valence-electron chi connectivity index (χ1n) is 19.5. The first-order chi connectivity index (χ1) is 27.6. The maximum atomic E-state index is 2.50. The summed E-state index contributed by atoms with van der Waals surface area (Å²) < 4.78 is 0. The van der Waals surface area contributed by atoms with Crippen LogP contribution in [0.3, 0.4) is 0 Å². The van der Waals surface area contributed by atoms with Crippen LogP contribution in [0.4, 0.5) is 17.1 Å². The topological polar surface area (TPSA) is 3.24 Å². The summed E-state index contributed by atoms with van der Waals surface area (Å²) in [5.74, 6) is 0. The maximum absolute atomic E-state index is 2.50. The first kappa shape index (κ1) is 33.6. The Hall–Kier alpha value is -6.96. The SMILES string of the molecule is CC1(C)c2cc(N(c3ccccc3-c3ccccc3)c3ccccc3-c3cc4ccccc4cc3-c3ccccc3)ccc2-c2c(-c3ccccc3)cccc21. The van der Waals surface area contributed by atoms with Crippen LogP contribution in [0.1, 0.15) is 25.0 Å². The van der Waals surface area contributed by atoms with Gasteiger partial charge in [-0.25, -0.2) is 0 Å². The third-order valence-corrected chi connectivity index (χ3v) is 11.7. The molecule has 0 spiro atoms. The predicted molar refractivity (Wildman–Crippen MR) is 238 cm³/mol. The highest BCUT2D eigenvalue weighted by atomic mass is 15.1. The summed E-state index contributed by atoms with van der Waals surface area (Å²) in [4.78, 5) is 2.50. The standard InChI is InChI=1S/C55H41N/c1-55(2)50-30-18-29-45(39-21-8-4-9-22-39)54(50)47-34-33-43(37-51(47)55)56(52-31-16-14-27-44(52)38-19-6-3-7-20-38)53-32-17-15-28-46(53)49-36-42-26-13-12-25-41(42)35-48(49)40-23-10-5-11-24-40/h3-37H,1-2H3. The molecule has 0 saturated heterocycles. The molecule has 56 heavy (non-hydrogen) atoms. The molecule has 9 aromatic rings. The van der Waals surface area contributed by atoms with Crippen LogP contribution in [-0.4, -0.2) is 0 Å². The van der Waals surface area contributed by atoms with Gasteiger partial charge in [0.15, 0.2) is 0 Å². The van der Waals surface area contributed by atoms with Crippen molar-refractivity contribution in [2.45, 2.75) is 19.3 Å². The van der Waals surface area contributed by atoms with Crippen molar-refractivity contribution in [3.8, 4) is 55.6 Å². The fourth-order valence-electron chi connectivity index (χ4n) is 8.93. The normalized spacial score (nSPS) is 12.6. The molecule has 266 valence electrons. The van der Waals surface area contributed by atoms with Crippen molar-refractivity contribution in [1.29, 1.82) is 0 Å². The average Bonchev–Trinajstić information content (AvgIpc) is 3.50. The van der Waals surface area contributed by atoms with Gasteiger partial charge in [0.2, 0.25) is 0 Å². The number of rotatable bonds is 7. The Morgan fingerprint density at radius 2 is 0.804 bits per heavy atom. The molecule has 0 N–H and O–H groups in total. The second-order valence-electron chi connectivity index (χ2n) is 15.3. The number of fused-ring (bicyclic) bond motifs is 4. The minimum Gasteiger partial charge on any atom is -0.309 e. The van der Waals surface area contributed by atoms with Gasteiger partial charge in [0.05, 0.1) is 11.4 Å². The summed E-state index contributed by atoms with van der Waals surface area (Å²) in [6.45, 7) is 4.77. The van der Waals surface area contributed by atoms with Gasteiger partial charge in [-0.15, -0.1) is 0 Å². The lowest BCUT2D eigenvalue weighted by Crippen LogP contribution is -2.17. The van der Waals surface area contributed by atoms with Crippen molar-refractivity contribution >= 4 is 27.8 Å². The van der Waals surface area contributed by atoms with Gasteiger partial charge in [-0.1, -0.05) is 190 Å². The van der Waals surface area contributed by atoms with Crippen LogP contribution >= 0.6 is 0 Å². The number of benzene rings is 9. The highest BCUT2D eigenvalue weighted by Crippen LogP contribution is 2.55. The largest absolute Gasteiger partial charge is 0.309 e. The van der Waals surface area contributed by atoms with E-state index in [9.17, 15) is 0 Å². The second kappa shape index (κ2) is 13.7. The number of hydrogen-bond donors (Lipinski definition) is 0. The molecule has 1 nitrogen and oxygen atoms in total. The first-order valence-corrected chi connectivity index (χ1v) is 19.5. The molecule has 0 radical (unpaired) electrons. The zero-order chi connectivity index (χ0) is 37.6. The summed E-state index contributed by atoms with van der Waals surface area (Å²) in [6, 6.07) is 77.7. The molecule has 0 unspecified atom stereocenters. The molecule has 0 bridgehead atoms. The zero-order valence-corrected chi connectivity index (χ0v) is 31.7. The quantitative estimate of drug-likeness (QED) is 0.159. The minimum atomic E-state index is -0.200. The summed E-state index contributed by atoms with van der Waals surface area (Å²) in [5, 5.41) is 2.45. The lowest BCUT2D eigenvalue weighted by molar-refractivity contribution is 0.660. The van der Waals surface area contributed by atoms with Crippen LogP contribution in [0.2, 0.25) is 0 Å². The third kappa shape index (κ3) is 5.63. The van der Waals surface area contributed by atoms with E-state index in [-0.39, 0.29) is 5.41 Å². The molecule has 9 aromatic carbocycles. The zero-order valence-electron chi connectivity index (χ0n) is 31.7. The Balaban J connectivity index is 1.24. The van der Waals surface area contributed by atoms with Crippen LogP contribution in [0.15, 0.2) is 212 Å². The predicted octanol–water partition coefficient (Wildman–Crippen LogP) is 15.3. The van der Waals surface area contributed by atoms with E-state index in [2.05, 4.69) is 231 Å². The molecule has 0 saturated carbocycles. The van der Waals surface area contributed by atoms with Crippen LogP contribution in [0.5, 0.6) is 0 Å². The van der Waals surface area contributed by atoms with Crippen molar-refractivity contribution in [3.63, 3.8) is 0 Å². The van der Waals surface area contributed by atoms with Gasteiger partial charge >= 0.3 is 0 Å². The molecule has 1 aliphatic carbocycles. The van der Waals surface area contributed by atoms with E-state index in [1.54, 1.807) is 0 Å². The third-order valence-electron chi connectivity index (χ3n) is 11.7. The number of nitrogens with zero attached hydrogens (tertiary/aromatic N) is 1. The summed E-state index contributed by atoms with van der Waals surface area (Å²) >= 11 is 0. The number of para-hydroxylation sites is 2. The Morgan fingerprint density at radius 1 is 0.321 bits per heavy atom. The van der Waals surface area contributed by atoms with Crippen molar-refractivity contribution in [2.24, 2.45) is 0 Å². The lowest BCUT2D eigenvalue weighted by atomic mass is 9.81. The van der Waals surface area contributed by atoms with E-state index < -0.39 is 0 Å². The molecule has 0 fully saturated rings. The van der Waals surface area contributed by atoms with E-state index in [0.29, 0.717) is 0 Å². The van der Waals surface area contributed by atoms with E-state index >= 15 is 0 Å². The van der Waals surface area contributed by atoms with Crippen molar-refractivity contribution in [2.75, 3.05) is 4.90 Å². The van der Waals surface area contributed by atoms with Gasteiger partial charge in [0.1, 0.15) is 0 Å². The van der Waals surface area contributed by atoms with Gasteiger partial charge < -0.3 is 4.90 Å². The molecule has 1 aliphatic rings. The number of hydrogen-bond acceptors (Lipinski definition) is 1. The van der Waals surface area contributed by atoms with E-state index in [1.807, 2.05) is 0 Å². The Labute approximate surface area is 329 Å². The summed E-state index contributed by atoms with van der Waals surface area (Å²) in [7, 11) is 0. The fourth-order valence-corrected chi connectivity index (χ4v) is 8.93. The molecular formula is C55H41N. The molecule has 0 heterocycles. The van der Waals surface area contributed by atoms with Crippen LogP contribution in [-0.2, 0) is 5.41 Å². The molecule has 0 aromatic heterocycles. The Bertz CT molecular complexity index is 2870. The van der Waals surface area contributed by atoms with Gasteiger partial charge in [0.25, 0.3) is 0 Å². The van der Waals surface area contributed by atoms with E-state index in [4.69, 9.17) is 0 Å². The number of anilines is 3. The van der Waals surface area contributed by atoms with Gasteiger partial charge in [-0.2, -0.15) is 0 Å². The highest BCUT2D eigenvalue weighted by Gasteiger charge is 2.37. The minimum absolute atomic E-state index is 0.200. The molecular weight excluding hydrogens is 675 g/mol. The van der Waals surface area contributed by atoms with Gasteiger partial charge in [-0.3, -0.25) is 0 Å². The Kier molecular flexibility index (Phi) is 8.23. The van der Waals surface area contributed by atoms with Crippen molar-refractivity contribution in [1.82, 2.24) is 0 Å². The van der Waals surface area contributed by atoms with E-state index in [1.165, 1.54) is 77.5 Å². The molecule has 10 rings (SSSR count). The smallest absolute Gasteiger partial charge is 0.0540 e. The maximum Gasteiger partial charge on any atom is 0.0540 e. The van der Waals surface area contributed by atoms with Crippen molar-refractivity contribution in [3.05, 3.63) is 223 Å². The summed E-state index contributed by atoms with van der Waals surface area (Å²) in [6.07, 6.45) is 0. The average molecular weight is 716 g/mol. The molecule has 0 atom stereocenters. The fraction of sp³-hybridized carbons (Fsp3) is 0.0545. The van der Waals surface area contributed by atoms with Crippen LogP contribution < -0.4 is 4.90 Å². The monoisotopic (exact) mass is 715 g/mol. The van der Waals surface area contributed by atoms with Crippen LogP contribution in [0, 0.1) is 0 Å². The van der Waals surface area contributed by atoms with E-state index in [0.717, 1.165) is 17.1 Å². The molecule has 0 aliphatic heterocycles. The Morgan fingerprint density at radius 3 is 1.45 bits per heavy atom. The van der Waals surface area contributed by atoms with Crippen molar-refractivity contribution < 1.29 is 0 Å². The highest BCUT2D eigenvalue weighted by molar-refractivity contribution is 6.02. The second-order valence-corrected chi connectivity index (χ2v) is 15.3. The summed E-state index contributed by atoms with van der Waals surface area (Å²) in [5.41, 5.74) is 18.2. The van der Waals surface area contributed by atoms with Crippen LogP contribution in [0.25, 0.3) is 66.4 Å². The van der Waals surface area contributed by atoms with Gasteiger partial charge in [0, 0.05) is 22.2 Å². The van der Waals surface area contributed by atoms with Gasteiger partial charge in [-0.05, 0) is 103 Å².